The Morgan fingerprint density at radius 2 is 1.63 bits per heavy atom. The quantitative estimate of drug-likeness (QED) is 0.560. The van der Waals surface area contributed by atoms with Gasteiger partial charge in [0.15, 0.2) is 0 Å². The molecule has 0 spiro atoms. The van der Waals surface area contributed by atoms with Crippen molar-refractivity contribution in [3.63, 3.8) is 0 Å². The van der Waals surface area contributed by atoms with E-state index in [1.807, 2.05) is 12.2 Å². The van der Waals surface area contributed by atoms with Gasteiger partial charge in [-0.3, -0.25) is 24.2 Å². The van der Waals surface area contributed by atoms with Crippen molar-refractivity contribution in [3.8, 4) is 0 Å². The lowest BCUT2D eigenvalue weighted by Gasteiger charge is -2.37. The minimum Gasteiger partial charge on any atom is -0.286 e. The third-order valence-electron chi connectivity index (χ3n) is 7.39. The Bertz CT molecular complexity index is 966. The number of amides is 3. The van der Waals surface area contributed by atoms with E-state index in [4.69, 9.17) is 0 Å². The number of anilines is 1. The lowest BCUT2D eigenvalue weighted by atomic mass is 9.63. The highest BCUT2D eigenvalue weighted by atomic mass is 19.4. The molecular formula is C22H21F3N2O3. The van der Waals surface area contributed by atoms with Crippen LogP contribution in [0.5, 0.6) is 0 Å². The molecule has 0 unspecified atom stereocenters. The van der Waals surface area contributed by atoms with Crippen molar-refractivity contribution in [2.24, 2.45) is 35.5 Å². The van der Waals surface area contributed by atoms with Gasteiger partial charge in [0.05, 0.1) is 11.8 Å². The van der Waals surface area contributed by atoms with Crippen LogP contribution in [-0.4, -0.2) is 35.5 Å². The van der Waals surface area contributed by atoms with Gasteiger partial charge in [0.1, 0.15) is 6.67 Å². The fraction of sp³-hybridized carbons (Fsp3) is 0.500. The van der Waals surface area contributed by atoms with E-state index in [0.29, 0.717) is 27.9 Å². The standard InChI is InChI=1S/C22H21F3N2O3/c1-10-4-3-5-16(11(10)2)26(21(30)22(23,24)25)9-27-19(28)17-12-6-7-13(15-8-14(12)15)18(17)20(27)29/h3-7,12-15,17-18H,8-9H2,1-2H3/t12-,13+,14-,15-,17+,18-/m1/s1. The number of allylic oxidation sites excluding steroid dienone is 2. The topological polar surface area (TPSA) is 57.7 Å². The number of benzene rings is 1. The van der Waals surface area contributed by atoms with Crippen LogP contribution < -0.4 is 4.90 Å². The van der Waals surface area contributed by atoms with Crippen molar-refractivity contribution in [1.29, 1.82) is 0 Å². The first-order valence-corrected chi connectivity index (χ1v) is 10.1. The molecule has 30 heavy (non-hydrogen) atoms. The molecule has 0 N–H and O–H groups in total. The summed E-state index contributed by atoms with van der Waals surface area (Å²) in [6.07, 6.45) is -0.135. The monoisotopic (exact) mass is 418 g/mol. The summed E-state index contributed by atoms with van der Waals surface area (Å²) in [5, 5.41) is 0. The largest absolute Gasteiger partial charge is 0.471 e. The number of likely N-dealkylation sites (tertiary alicyclic amines) is 1. The zero-order valence-electron chi connectivity index (χ0n) is 16.5. The number of nitrogens with zero attached hydrogens (tertiary/aromatic N) is 2. The van der Waals surface area contributed by atoms with E-state index < -0.39 is 42.4 Å². The minimum atomic E-state index is -5.13. The second-order valence-electron chi connectivity index (χ2n) is 8.85. The number of hydrogen-bond acceptors (Lipinski definition) is 3. The summed E-state index contributed by atoms with van der Waals surface area (Å²) in [5.74, 6) is -3.31. The fourth-order valence-corrected chi connectivity index (χ4v) is 5.73. The van der Waals surface area contributed by atoms with Crippen LogP contribution >= 0.6 is 0 Å². The Kier molecular flexibility index (Phi) is 3.98. The molecule has 3 fully saturated rings. The Labute approximate surface area is 171 Å². The summed E-state index contributed by atoms with van der Waals surface area (Å²) in [6.45, 7) is 2.62. The van der Waals surface area contributed by atoms with Gasteiger partial charge in [0.2, 0.25) is 11.8 Å². The maximum absolute atomic E-state index is 13.4. The first-order chi connectivity index (χ1) is 14.1. The highest BCUT2D eigenvalue weighted by Gasteiger charge is 2.67. The number of carbonyl (C=O) groups is 3. The van der Waals surface area contributed by atoms with Gasteiger partial charge in [0.25, 0.3) is 0 Å². The number of rotatable bonds is 3. The maximum atomic E-state index is 13.4. The molecule has 6 rings (SSSR count). The molecule has 3 amide bonds. The average Bonchev–Trinajstić information content (AvgIpc) is 3.47. The molecule has 1 aromatic rings. The number of imide groups is 1. The SMILES string of the molecule is Cc1cccc(N(CN2C(=O)[C@@H]3[C@H]4C=C[C@H]([C@H]5C[C@H]45)[C@@H]3C2=O)C(=O)C(F)(F)F)c1C. The normalized spacial score (nSPS) is 33.6. The van der Waals surface area contributed by atoms with Crippen molar-refractivity contribution in [3.05, 3.63) is 41.5 Å². The second kappa shape index (κ2) is 6.18. The molecule has 0 aromatic heterocycles. The number of alkyl halides is 3. The molecule has 2 bridgehead atoms. The molecule has 6 atom stereocenters. The number of halogens is 3. The van der Waals surface area contributed by atoms with Crippen LogP contribution in [0.3, 0.4) is 0 Å². The van der Waals surface area contributed by atoms with Crippen LogP contribution in [0.2, 0.25) is 0 Å². The molecule has 1 aromatic carbocycles. The molecule has 1 saturated heterocycles. The Balaban J connectivity index is 1.50. The molecular weight excluding hydrogens is 397 g/mol. The van der Waals surface area contributed by atoms with E-state index in [1.165, 1.54) is 6.07 Å². The zero-order chi connectivity index (χ0) is 21.5. The van der Waals surface area contributed by atoms with Gasteiger partial charge in [-0.05, 0) is 61.1 Å². The van der Waals surface area contributed by atoms with E-state index in [9.17, 15) is 27.6 Å². The van der Waals surface area contributed by atoms with E-state index in [2.05, 4.69) is 0 Å². The lowest BCUT2D eigenvalue weighted by Crippen LogP contribution is -2.49. The summed E-state index contributed by atoms with van der Waals surface area (Å²) in [5.41, 5.74) is 1.26. The molecule has 1 heterocycles. The Morgan fingerprint density at radius 3 is 2.17 bits per heavy atom. The Morgan fingerprint density at radius 1 is 1.07 bits per heavy atom. The number of aryl methyl sites for hydroxylation is 1. The summed E-state index contributed by atoms with van der Waals surface area (Å²) >= 11 is 0. The third kappa shape index (κ3) is 2.58. The number of hydrogen-bond donors (Lipinski definition) is 0. The molecule has 8 heteroatoms. The molecule has 4 aliphatic carbocycles. The van der Waals surface area contributed by atoms with E-state index in [1.54, 1.807) is 26.0 Å². The van der Waals surface area contributed by atoms with Crippen molar-refractivity contribution in [2.45, 2.75) is 26.4 Å². The highest BCUT2D eigenvalue weighted by molar-refractivity contribution is 6.07. The smallest absolute Gasteiger partial charge is 0.286 e. The maximum Gasteiger partial charge on any atom is 0.471 e. The summed E-state index contributed by atoms with van der Waals surface area (Å²) in [6, 6.07) is 4.69. The van der Waals surface area contributed by atoms with Gasteiger partial charge in [-0.2, -0.15) is 13.2 Å². The first kappa shape index (κ1) is 19.3. The van der Waals surface area contributed by atoms with Gasteiger partial charge in [-0.1, -0.05) is 24.3 Å². The van der Waals surface area contributed by atoms with Crippen LogP contribution in [0.1, 0.15) is 17.5 Å². The molecule has 158 valence electrons. The molecule has 1 aliphatic heterocycles. The van der Waals surface area contributed by atoms with E-state index >= 15 is 0 Å². The Hall–Kier alpha value is -2.64. The predicted molar refractivity (Wildman–Crippen MR) is 101 cm³/mol. The number of carbonyl (C=O) groups excluding carboxylic acids is 3. The van der Waals surface area contributed by atoms with Crippen LogP contribution in [0.25, 0.3) is 0 Å². The summed E-state index contributed by atoms with van der Waals surface area (Å²) in [7, 11) is 0. The van der Waals surface area contributed by atoms with Crippen molar-refractivity contribution < 1.29 is 27.6 Å². The van der Waals surface area contributed by atoms with Crippen LogP contribution in [0.4, 0.5) is 18.9 Å². The van der Waals surface area contributed by atoms with Crippen LogP contribution in [0.15, 0.2) is 30.4 Å². The van der Waals surface area contributed by atoms with Gasteiger partial charge in [-0.25, -0.2) is 0 Å². The lowest BCUT2D eigenvalue weighted by molar-refractivity contribution is -0.171. The van der Waals surface area contributed by atoms with Crippen molar-refractivity contribution >= 4 is 23.4 Å². The van der Waals surface area contributed by atoms with E-state index in [0.717, 1.165) is 11.3 Å². The highest BCUT2D eigenvalue weighted by Crippen LogP contribution is 2.65. The summed E-state index contributed by atoms with van der Waals surface area (Å²) in [4.78, 5) is 40.0. The molecule has 2 saturated carbocycles. The third-order valence-corrected chi connectivity index (χ3v) is 7.39. The first-order valence-electron chi connectivity index (χ1n) is 10.1. The molecule has 5 nitrogen and oxygen atoms in total. The van der Waals surface area contributed by atoms with Crippen molar-refractivity contribution in [2.75, 3.05) is 11.6 Å². The second-order valence-corrected chi connectivity index (χ2v) is 8.85. The minimum absolute atomic E-state index is 0.0288. The van der Waals surface area contributed by atoms with Crippen molar-refractivity contribution in [1.82, 2.24) is 4.90 Å². The zero-order valence-corrected chi connectivity index (χ0v) is 16.5. The van der Waals surface area contributed by atoms with Crippen LogP contribution in [-0.2, 0) is 14.4 Å². The average molecular weight is 418 g/mol. The molecule has 5 aliphatic rings. The van der Waals surface area contributed by atoms with E-state index in [-0.39, 0.29) is 17.5 Å². The van der Waals surface area contributed by atoms with Gasteiger partial charge in [0, 0.05) is 5.69 Å². The predicted octanol–water partition coefficient (Wildman–Crippen LogP) is 3.21. The molecule has 0 radical (unpaired) electrons. The van der Waals surface area contributed by atoms with Gasteiger partial charge < -0.3 is 0 Å². The fourth-order valence-electron chi connectivity index (χ4n) is 5.73. The van der Waals surface area contributed by atoms with Gasteiger partial charge >= 0.3 is 12.1 Å². The summed E-state index contributed by atoms with van der Waals surface area (Å²) < 4.78 is 40.1. The van der Waals surface area contributed by atoms with Crippen LogP contribution in [0, 0.1) is 49.4 Å². The van der Waals surface area contributed by atoms with Gasteiger partial charge in [-0.15, -0.1) is 0 Å².